The fourth-order valence-electron chi connectivity index (χ4n) is 6.81. The number of alkyl carbamates (subject to hydrolysis) is 1. The lowest BCUT2D eigenvalue weighted by Crippen LogP contribution is -2.56. The normalized spacial score (nSPS) is 19.0. The van der Waals surface area contributed by atoms with Crippen LogP contribution in [0, 0.1) is 5.92 Å². The van der Waals surface area contributed by atoms with Crippen LogP contribution in [0.3, 0.4) is 0 Å². The van der Waals surface area contributed by atoms with Gasteiger partial charge >= 0.3 is 6.09 Å². The number of hydrogen-bond donors (Lipinski definition) is 2. The van der Waals surface area contributed by atoms with Crippen LogP contribution in [0.4, 0.5) is 10.5 Å². The molecular formula is C35H45N3O4. The topological polar surface area (TPSA) is 87.7 Å². The summed E-state index contributed by atoms with van der Waals surface area (Å²) in [5, 5.41) is 6.04. The molecule has 0 radical (unpaired) electrons. The van der Waals surface area contributed by atoms with Gasteiger partial charge in [0.15, 0.2) is 0 Å². The Kier molecular flexibility index (Phi) is 8.76. The number of amides is 3. The maximum Gasteiger partial charge on any atom is 0.408 e. The molecule has 3 amide bonds. The smallest absolute Gasteiger partial charge is 0.408 e. The van der Waals surface area contributed by atoms with Crippen LogP contribution in [-0.4, -0.2) is 47.5 Å². The van der Waals surface area contributed by atoms with Gasteiger partial charge in [-0.1, -0.05) is 68.7 Å². The van der Waals surface area contributed by atoms with E-state index in [0.29, 0.717) is 18.7 Å². The lowest BCUT2D eigenvalue weighted by molar-refractivity contribution is -0.136. The third-order valence-corrected chi connectivity index (χ3v) is 9.07. The molecule has 1 aliphatic heterocycles. The van der Waals surface area contributed by atoms with Crippen molar-refractivity contribution in [3.05, 3.63) is 71.3 Å². The van der Waals surface area contributed by atoms with Crippen molar-refractivity contribution < 1.29 is 19.1 Å². The average Bonchev–Trinajstić information content (AvgIpc) is 3.30. The highest BCUT2D eigenvalue weighted by Crippen LogP contribution is 2.47. The number of carbonyl (C=O) groups is 3. The summed E-state index contributed by atoms with van der Waals surface area (Å²) in [5.41, 5.74) is 3.88. The second-order valence-corrected chi connectivity index (χ2v) is 13.1. The van der Waals surface area contributed by atoms with Gasteiger partial charge in [-0.2, -0.15) is 0 Å². The van der Waals surface area contributed by atoms with E-state index in [1.807, 2.05) is 68.1 Å². The Bertz CT molecular complexity index is 1330. The van der Waals surface area contributed by atoms with Crippen molar-refractivity contribution in [2.24, 2.45) is 5.92 Å². The molecule has 0 bridgehead atoms. The molecule has 2 fully saturated rings. The number of allylic oxidation sites excluding steroid dienone is 1. The standard InChI is InChI=1S/C35H45N3O4/c1-5-24-15-17-26(18-16-24)36-31(39)28-23-35(29-14-10-9-13-27(28)29)19-21-38(22-20-35)32(40)30(25-11-7-6-8-12-25)37-33(41)42-34(2,3)4/h9-10,13-18,23,25,30H,5-8,11-12,19-22H2,1-4H3,(H,36,39)(H,37,41)/t30-/m1/s1. The monoisotopic (exact) mass is 571 g/mol. The fourth-order valence-corrected chi connectivity index (χ4v) is 6.81. The second-order valence-electron chi connectivity index (χ2n) is 13.1. The van der Waals surface area contributed by atoms with E-state index in [0.717, 1.165) is 61.8 Å². The van der Waals surface area contributed by atoms with E-state index in [1.165, 1.54) is 12.0 Å². The Morgan fingerprint density at radius 1 is 0.976 bits per heavy atom. The predicted molar refractivity (Wildman–Crippen MR) is 166 cm³/mol. The van der Waals surface area contributed by atoms with Gasteiger partial charge in [0.2, 0.25) is 5.91 Å². The summed E-state index contributed by atoms with van der Waals surface area (Å²) >= 11 is 0. The molecule has 1 atom stereocenters. The first-order chi connectivity index (χ1) is 20.1. The molecule has 42 heavy (non-hydrogen) atoms. The van der Waals surface area contributed by atoms with E-state index in [2.05, 4.69) is 29.7 Å². The average molecular weight is 572 g/mol. The van der Waals surface area contributed by atoms with Crippen LogP contribution >= 0.6 is 0 Å². The first kappa shape index (κ1) is 29.9. The van der Waals surface area contributed by atoms with E-state index in [4.69, 9.17) is 4.74 Å². The third kappa shape index (κ3) is 6.55. The van der Waals surface area contributed by atoms with E-state index in [9.17, 15) is 14.4 Å². The van der Waals surface area contributed by atoms with Crippen LogP contribution in [0.25, 0.3) is 5.57 Å². The molecule has 7 heteroatoms. The van der Waals surface area contributed by atoms with Gasteiger partial charge in [0.25, 0.3) is 5.91 Å². The van der Waals surface area contributed by atoms with Crippen LogP contribution in [0.2, 0.25) is 0 Å². The second kappa shape index (κ2) is 12.3. The van der Waals surface area contributed by atoms with E-state index in [-0.39, 0.29) is 23.1 Å². The predicted octanol–water partition coefficient (Wildman–Crippen LogP) is 6.62. The maximum absolute atomic E-state index is 13.9. The zero-order chi connectivity index (χ0) is 29.9. The molecule has 2 aromatic rings. The fraction of sp³-hybridized carbons (Fsp3) is 0.514. The van der Waals surface area contributed by atoms with Crippen LogP contribution in [-0.2, 0) is 26.2 Å². The summed E-state index contributed by atoms with van der Waals surface area (Å²) in [5.74, 6) is -0.0178. The highest BCUT2D eigenvalue weighted by molar-refractivity contribution is 6.27. The summed E-state index contributed by atoms with van der Waals surface area (Å²) < 4.78 is 5.53. The van der Waals surface area contributed by atoms with Crippen molar-refractivity contribution in [3.63, 3.8) is 0 Å². The van der Waals surface area contributed by atoms with Crippen LogP contribution in [0.1, 0.15) is 89.3 Å². The number of fused-ring (bicyclic) bond motifs is 2. The number of nitrogens with one attached hydrogen (secondary N) is 2. The Hall–Kier alpha value is -3.61. The van der Waals surface area contributed by atoms with Gasteiger partial charge in [-0.25, -0.2) is 4.79 Å². The molecule has 1 heterocycles. The molecule has 0 unspecified atom stereocenters. The van der Waals surface area contributed by atoms with Crippen molar-refractivity contribution in [2.45, 2.75) is 96.1 Å². The lowest BCUT2D eigenvalue weighted by atomic mass is 9.74. The van der Waals surface area contributed by atoms with Crippen molar-refractivity contribution in [3.8, 4) is 0 Å². The zero-order valence-corrected chi connectivity index (χ0v) is 25.5. The molecule has 224 valence electrons. The van der Waals surface area contributed by atoms with Gasteiger partial charge in [0.05, 0.1) is 0 Å². The summed E-state index contributed by atoms with van der Waals surface area (Å²) in [6.45, 7) is 8.74. The number of nitrogens with zero attached hydrogens (tertiary/aromatic N) is 1. The van der Waals surface area contributed by atoms with Crippen LogP contribution < -0.4 is 10.6 Å². The summed E-state index contributed by atoms with van der Waals surface area (Å²) in [7, 11) is 0. The highest BCUT2D eigenvalue weighted by atomic mass is 16.6. The lowest BCUT2D eigenvalue weighted by Gasteiger charge is -2.41. The van der Waals surface area contributed by atoms with Crippen molar-refractivity contribution >= 4 is 29.2 Å². The van der Waals surface area contributed by atoms with Gasteiger partial charge in [-0.3, -0.25) is 9.59 Å². The molecular weight excluding hydrogens is 526 g/mol. The largest absolute Gasteiger partial charge is 0.444 e. The number of ether oxygens (including phenoxy) is 1. The molecule has 7 nitrogen and oxygen atoms in total. The number of benzene rings is 2. The van der Waals surface area contributed by atoms with Gasteiger partial charge in [-0.15, -0.1) is 0 Å². The minimum absolute atomic E-state index is 0.0219. The number of carbonyl (C=O) groups excluding carboxylic acids is 3. The van der Waals surface area contributed by atoms with Crippen molar-refractivity contribution in [2.75, 3.05) is 18.4 Å². The molecule has 5 rings (SSSR count). The summed E-state index contributed by atoms with van der Waals surface area (Å²) in [6.07, 6.45) is 9.17. The molecule has 1 spiro atoms. The Morgan fingerprint density at radius 2 is 1.64 bits per heavy atom. The molecule has 2 N–H and O–H groups in total. The van der Waals surface area contributed by atoms with Crippen LogP contribution in [0.15, 0.2) is 54.6 Å². The summed E-state index contributed by atoms with van der Waals surface area (Å²) in [6, 6.07) is 15.5. The van der Waals surface area contributed by atoms with E-state index in [1.54, 1.807) is 0 Å². The van der Waals surface area contributed by atoms with E-state index >= 15 is 0 Å². The summed E-state index contributed by atoms with van der Waals surface area (Å²) in [4.78, 5) is 42.1. The zero-order valence-electron chi connectivity index (χ0n) is 25.5. The first-order valence-electron chi connectivity index (χ1n) is 15.6. The van der Waals surface area contributed by atoms with Crippen molar-refractivity contribution in [1.29, 1.82) is 0 Å². The number of rotatable bonds is 6. The van der Waals surface area contributed by atoms with Gasteiger partial charge in [0.1, 0.15) is 11.6 Å². The van der Waals surface area contributed by atoms with Gasteiger partial charge < -0.3 is 20.3 Å². The van der Waals surface area contributed by atoms with Crippen LogP contribution in [0.5, 0.6) is 0 Å². The molecule has 1 saturated carbocycles. The molecule has 2 aromatic carbocycles. The number of likely N-dealkylation sites (tertiary alicyclic amines) is 1. The highest BCUT2D eigenvalue weighted by Gasteiger charge is 2.44. The number of anilines is 1. The Morgan fingerprint density at radius 3 is 2.29 bits per heavy atom. The molecule has 1 saturated heterocycles. The molecule has 0 aromatic heterocycles. The minimum Gasteiger partial charge on any atom is -0.444 e. The van der Waals surface area contributed by atoms with E-state index < -0.39 is 17.7 Å². The number of hydrogen-bond acceptors (Lipinski definition) is 4. The van der Waals surface area contributed by atoms with Crippen molar-refractivity contribution in [1.82, 2.24) is 10.2 Å². The SMILES string of the molecule is CCc1ccc(NC(=O)C2=CC3(CCN(C(=O)[C@H](NC(=O)OC(C)(C)C)C4CCCCC4)CC3)c3ccccc32)cc1. The quantitative estimate of drug-likeness (QED) is 0.408. The maximum atomic E-state index is 13.9. The first-order valence-corrected chi connectivity index (χ1v) is 15.6. The molecule has 2 aliphatic carbocycles. The Labute approximate surface area is 250 Å². The molecule has 3 aliphatic rings. The minimum atomic E-state index is -0.632. The third-order valence-electron chi connectivity index (χ3n) is 9.07. The Balaban J connectivity index is 1.31. The number of aryl methyl sites for hydroxylation is 1. The number of piperidine rings is 1. The van der Waals surface area contributed by atoms with Gasteiger partial charge in [0, 0.05) is 29.8 Å². The van der Waals surface area contributed by atoms with Gasteiger partial charge in [-0.05, 0) is 87.6 Å².